The molecule has 5 unspecified atom stereocenters. The Hall–Kier alpha value is -0.0800. The molecule has 3 aliphatic rings. The lowest BCUT2D eigenvalue weighted by Gasteiger charge is -2.32. The zero-order valence-electron chi connectivity index (χ0n) is 11.2. The summed E-state index contributed by atoms with van der Waals surface area (Å²) in [5.74, 6) is 4.33. The Bertz CT molecular complexity index is 255. The van der Waals surface area contributed by atoms with E-state index in [2.05, 4.69) is 12.2 Å². The molecule has 0 aromatic rings. The average Bonchev–Trinajstić information content (AvgIpc) is 3.00. The second kappa shape index (κ2) is 5.27. The monoisotopic (exact) mass is 237 g/mol. The largest absolute Gasteiger partial charge is 0.382 e. The summed E-state index contributed by atoms with van der Waals surface area (Å²) in [5, 5.41) is 3.80. The predicted octanol–water partition coefficient (Wildman–Crippen LogP) is 2.83. The molecule has 0 saturated heterocycles. The summed E-state index contributed by atoms with van der Waals surface area (Å²) in [6.07, 6.45) is 8.78. The summed E-state index contributed by atoms with van der Waals surface area (Å²) in [5.41, 5.74) is 0. The second-order valence-electron chi connectivity index (χ2n) is 6.27. The Labute approximate surface area is 105 Å². The predicted molar refractivity (Wildman–Crippen MR) is 69.9 cm³/mol. The third-order valence-corrected chi connectivity index (χ3v) is 5.50. The van der Waals surface area contributed by atoms with Gasteiger partial charge in [-0.1, -0.05) is 6.42 Å². The molecule has 0 spiro atoms. The molecule has 3 aliphatic carbocycles. The molecule has 98 valence electrons. The van der Waals surface area contributed by atoms with E-state index >= 15 is 0 Å². The zero-order chi connectivity index (χ0) is 11.7. The minimum absolute atomic E-state index is 0.848. The molecule has 0 heterocycles. The maximum absolute atomic E-state index is 5.39. The van der Waals surface area contributed by atoms with Crippen molar-refractivity contribution in [1.29, 1.82) is 0 Å². The van der Waals surface area contributed by atoms with Crippen LogP contribution in [0.5, 0.6) is 0 Å². The van der Waals surface area contributed by atoms with Gasteiger partial charge < -0.3 is 10.1 Å². The van der Waals surface area contributed by atoms with Crippen LogP contribution in [0.4, 0.5) is 0 Å². The summed E-state index contributed by atoms with van der Waals surface area (Å²) in [6, 6.07) is 0.848. The van der Waals surface area contributed by atoms with Gasteiger partial charge in [0.2, 0.25) is 0 Å². The van der Waals surface area contributed by atoms with E-state index in [9.17, 15) is 0 Å². The molecule has 0 aliphatic heterocycles. The molecule has 2 bridgehead atoms. The molecule has 3 saturated carbocycles. The minimum Gasteiger partial charge on any atom is -0.382 e. The number of hydrogen-bond donors (Lipinski definition) is 1. The summed E-state index contributed by atoms with van der Waals surface area (Å²) in [6.45, 7) is 5.02. The molecular weight excluding hydrogens is 210 g/mol. The van der Waals surface area contributed by atoms with Crippen molar-refractivity contribution in [2.24, 2.45) is 23.7 Å². The van der Waals surface area contributed by atoms with Crippen molar-refractivity contribution in [3.8, 4) is 0 Å². The van der Waals surface area contributed by atoms with Crippen LogP contribution in [0.15, 0.2) is 0 Å². The van der Waals surface area contributed by atoms with E-state index in [1.807, 2.05) is 0 Å². The van der Waals surface area contributed by atoms with Crippen molar-refractivity contribution in [2.45, 2.75) is 51.5 Å². The van der Waals surface area contributed by atoms with Crippen molar-refractivity contribution in [3.63, 3.8) is 0 Å². The first-order chi connectivity index (χ1) is 8.40. The van der Waals surface area contributed by atoms with Gasteiger partial charge >= 0.3 is 0 Å². The number of nitrogens with one attached hydrogen (secondary N) is 1. The van der Waals surface area contributed by atoms with Crippen molar-refractivity contribution in [1.82, 2.24) is 5.32 Å². The number of fused-ring (bicyclic) bond motifs is 5. The lowest BCUT2D eigenvalue weighted by atomic mass is 9.79. The molecule has 5 atom stereocenters. The van der Waals surface area contributed by atoms with Crippen molar-refractivity contribution in [2.75, 3.05) is 19.8 Å². The highest BCUT2D eigenvalue weighted by atomic mass is 16.5. The maximum atomic E-state index is 5.39. The molecule has 3 rings (SSSR count). The minimum atomic E-state index is 0.848. The van der Waals surface area contributed by atoms with Crippen LogP contribution in [0.25, 0.3) is 0 Å². The van der Waals surface area contributed by atoms with Crippen LogP contribution >= 0.6 is 0 Å². The Morgan fingerprint density at radius 3 is 2.88 bits per heavy atom. The summed E-state index contributed by atoms with van der Waals surface area (Å²) >= 11 is 0. The standard InChI is InChI=1S/C15H27NO/c1-2-17-8-4-7-16-15-10-11-9-14(15)13-6-3-5-12(11)13/h11-16H,2-10H2,1H3. The molecule has 1 N–H and O–H groups in total. The van der Waals surface area contributed by atoms with Gasteiger partial charge in [-0.3, -0.25) is 0 Å². The average molecular weight is 237 g/mol. The summed E-state index contributed by atoms with van der Waals surface area (Å²) in [4.78, 5) is 0. The van der Waals surface area contributed by atoms with E-state index in [-0.39, 0.29) is 0 Å². The molecule has 0 aromatic carbocycles. The van der Waals surface area contributed by atoms with Crippen LogP contribution in [0.1, 0.15) is 45.4 Å². The van der Waals surface area contributed by atoms with Gasteiger partial charge in [0.05, 0.1) is 0 Å². The molecule has 3 fully saturated rings. The van der Waals surface area contributed by atoms with Crippen molar-refractivity contribution >= 4 is 0 Å². The number of rotatable bonds is 6. The Morgan fingerprint density at radius 2 is 2.00 bits per heavy atom. The summed E-state index contributed by atoms with van der Waals surface area (Å²) in [7, 11) is 0. The Kier molecular flexibility index (Phi) is 3.72. The molecule has 2 nitrogen and oxygen atoms in total. The molecular formula is C15H27NO. The van der Waals surface area contributed by atoms with E-state index in [0.29, 0.717) is 0 Å². The van der Waals surface area contributed by atoms with Gasteiger partial charge in [0.15, 0.2) is 0 Å². The van der Waals surface area contributed by atoms with Crippen LogP contribution in [0.2, 0.25) is 0 Å². The van der Waals surface area contributed by atoms with Gasteiger partial charge in [-0.25, -0.2) is 0 Å². The van der Waals surface area contributed by atoms with E-state index in [1.165, 1.54) is 25.7 Å². The van der Waals surface area contributed by atoms with Gasteiger partial charge in [-0.2, -0.15) is 0 Å². The quantitative estimate of drug-likeness (QED) is 0.717. The van der Waals surface area contributed by atoms with Gasteiger partial charge in [0, 0.05) is 19.3 Å². The number of hydrogen-bond acceptors (Lipinski definition) is 2. The highest BCUT2D eigenvalue weighted by molar-refractivity contribution is 5.05. The first-order valence-corrected chi connectivity index (χ1v) is 7.71. The lowest BCUT2D eigenvalue weighted by molar-refractivity contribution is 0.141. The fourth-order valence-corrected chi connectivity index (χ4v) is 4.91. The molecule has 2 heteroatoms. The molecule has 17 heavy (non-hydrogen) atoms. The SMILES string of the molecule is CCOCCCNC1CC2CC1C1CCCC21. The highest BCUT2D eigenvalue weighted by Gasteiger charge is 2.53. The zero-order valence-corrected chi connectivity index (χ0v) is 11.2. The lowest BCUT2D eigenvalue weighted by Crippen LogP contribution is -2.39. The van der Waals surface area contributed by atoms with E-state index in [0.717, 1.165) is 49.5 Å². The van der Waals surface area contributed by atoms with Crippen LogP contribution in [0, 0.1) is 23.7 Å². The van der Waals surface area contributed by atoms with Gasteiger partial charge in [0.1, 0.15) is 0 Å². The van der Waals surface area contributed by atoms with E-state index in [1.54, 1.807) is 12.8 Å². The Balaban J connectivity index is 1.41. The normalized spacial score (nSPS) is 43.2. The molecule has 0 aromatic heterocycles. The number of ether oxygens (including phenoxy) is 1. The first kappa shape index (κ1) is 12.0. The highest BCUT2D eigenvalue weighted by Crippen LogP contribution is 2.58. The van der Waals surface area contributed by atoms with Crippen LogP contribution in [-0.2, 0) is 4.74 Å². The molecule has 0 amide bonds. The van der Waals surface area contributed by atoms with E-state index < -0.39 is 0 Å². The second-order valence-corrected chi connectivity index (χ2v) is 6.27. The van der Waals surface area contributed by atoms with Gasteiger partial charge in [0.25, 0.3) is 0 Å². The smallest absolute Gasteiger partial charge is 0.0477 e. The van der Waals surface area contributed by atoms with Crippen LogP contribution < -0.4 is 5.32 Å². The molecule has 0 radical (unpaired) electrons. The van der Waals surface area contributed by atoms with Crippen LogP contribution in [0.3, 0.4) is 0 Å². The maximum Gasteiger partial charge on any atom is 0.0477 e. The third kappa shape index (κ3) is 2.26. The van der Waals surface area contributed by atoms with Crippen molar-refractivity contribution < 1.29 is 4.74 Å². The van der Waals surface area contributed by atoms with Crippen molar-refractivity contribution in [3.05, 3.63) is 0 Å². The Morgan fingerprint density at radius 1 is 1.12 bits per heavy atom. The fraction of sp³-hybridized carbons (Fsp3) is 1.00. The van der Waals surface area contributed by atoms with Crippen LogP contribution in [-0.4, -0.2) is 25.8 Å². The fourth-order valence-electron chi connectivity index (χ4n) is 4.91. The van der Waals surface area contributed by atoms with E-state index in [4.69, 9.17) is 4.74 Å². The summed E-state index contributed by atoms with van der Waals surface area (Å²) < 4.78 is 5.39. The third-order valence-electron chi connectivity index (χ3n) is 5.50. The van der Waals surface area contributed by atoms with Gasteiger partial charge in [-0.15, -0.1) is 0 Å². The van der Waals surface area contributed by atoms with Gasteiger partial charge in [-0.05, 0) is 69.2 Å². The topological polar surface area (TPSA) is 21.3 Å². The first-order valence-electron chi connectivity index (χ1n) is 7.71.